The molecule has 1 heterocycles. The third-order valence-electron chi connectivity index (χ3n) is 2.84. The zero-order valence-electron chi connectivity index (χ0n) is 10.0. The molecule has 2 aromatic rings. The predicted molar refractivity (Wildman–Crippen MR) is 78.6 cm³/mol. The second kappa shape index (κ2) is 5.39. The molecule has 0 bridgehead atoms. The monoisotopic (exact) mass is 324 g/mol. The molecule has 0 spiro atoms. The summed E-state index contributed by atoms with van der Waals surface area (Å²) < 4.78 is 0.969. The largest absolute Gasteiger partial charge is 0.321 e. The van der Waals surface area contributed by atoms with Crippen LogP contribution in [0.5, 0.6) is 0 Å². The first-order valence-corrected chi connectivity index (χ1v) is 6.80. The number of halogens is 2. The van der Waals surface area contributed by atoms with Crippen LogP contribution in [0.25, 0.3) is 0 Å². The Morgan fingerprint density at radius 1 is 1.22 bits per heavy atom. The van der Waals surface area contributed by atoms with E-state index in [1.54, 1.807) is 6.20 Å². The van der Waals surface area contributed by atoms with Crippen LogP contribution >= 0.6 is 27.5 Å². The molecule has 0 aliphatic carbocycles. The summed E-state index contributed by atoms with van der Waals surface area (Å²) in [4.78, 5) is 4.35. The number of pyridine rings is 1. The minimum atomic E-state index is -0.453. The molecule has 0 amide bonds. The smallest absolute Gasteiger partial charge is 0.0437 e. The quantitative estimate of drug-likeness (QED) is 0.929. The van der Waals surface area contributed by atoms with E-state index >= 15 is 0 Å². The Balaban J connectivity index is 2.20. The molecule has 2 nitrogen and oxygen atoms in total. The van der Waals surface area contributed by atoms with Gasteiger partial charge >= 0.3 is 0 Å². The van der Waals surface area contributed by atoms with Crippen LogP contribution in [-0.2, 0) is 12.0 Å². The molecule has 2 rings (SSSR count). The van der Waals surface area contributed by atoms with Gasteiger partial charge in [-0.3, -0.25) is 4.98 Å². The Morgan fingerprint density at radius 2 is 1.89 bits per heavy atom. The van der Waals surface area contributed by atoms with Crippen LogP contribution in [0.2, 0.25) is 5.02 Å². The Bertz CT molecular complexity index is 520. The minimum absolute atomic E-state index is 0.453. The molecule has 0 aliphatic rings. The Kier molecular flexibility index (Phi) is 4.05. The molecule has 1 unspecified atom stereocenters. The topological polar surface area (TPSA) is 38.9 Å². The SMILES string of the molecule is CC(N)(Cc1ccc(Br)cn1)c1ccc(Cl)cc1. The normalized spacial score (nSPS) is 14.2. The van der Waals surface area contributed by atoms with E-state index in [2.05, 4.69) is 20.9 Å². The summed E-state index contributed by atoms with van der Waals surface area (Å²) in [6.07, 6.45) is 2.47. The van der Waals surface area contributed by atoms with Crippen molar-refractivity contribution in [2.24, 2.45) is 5.73 Å². The molecule has 0 fully saturated rings. The Hall–Kier alpha value is -0.900. The van der Waals surface area contributed by atoms with Crippen LogP contribution in [0, 0.1) is 0 Å². The highest BCUT2D eigenvalue weighted by atomic mass is 79.9. The first kappa shape index (κ1) is 13.5. The third kappa shape index (κ3) is 3.31. The minimum Gasteiger partial charge on any atom is -0.321 e. The average molecular weight is 326 g/mol. The van der Waals surface area contributed by atoms with Crippen molar-refractivity contribution >= 4 is 27.5 Å². The third-order valence-corrected chi connectivity index (χ3v) is 3.56. The molecule has 0 saturated carbocycles. The lowest BCUT2D eigenvalue weighted by Crippen LogP contribution is -2.35. The van der Waals surface area contributed by atoms with Gasteiger partial charge in [-0.05, 0) is 52.7 Å². The highest BCUT2D eigenvalue weighted by Gasteiger charge is 2.22. The van der Waals surface area contributed by atoms with Gasteiger partial charge in [0.05, 0.1) is 0 Å². The van der Waals surface area contributed by atoms with Gasteiger partial charge in [-0.1, -0.05) is 23.7 Å². The Morgan fingerprint density at radius 3 is 2.44 bits per heavy atom. The van der Waals surface area contributed by atoms with E-state index in [0.717, 1.165) is 20.8 Å². The standard InChI is InChI=1S/C14H14BrClN2/c1-14(17,10-2-5-12(16)6-3-10)8-13-7-4-11(15)9-18-13/h2-7,9H,8,17H2,1H3. The maximum atomic E-state index is 6.36. The van der Waals surface area contributed by atoms with Crippen LogP contribution in [0.15, 0.2) is 47.1 Å². The summed E-state index contributed by atoms with van der Waals surface area (Å²) >= 11 is 9.25. The summed E-state index contributed by atoms with van der Waals surface area (Å²) in [5.41, 5.74) is 7.93. The second-order valence-electron chi connectivity index (χ2n) is 4.57. The molecule has 18 heavy (non-hydrogen) atoms. The number of hydrogen-bond acceptors (Lipinski definition) is 2. The number of hydrogen-bond donors (Lipinski definition) is 1. The molecule has 94 valence electrons. The van der Waals surface area contributed by atoms with E-state index in [0.29, 0.717) is 6.42 Å². The number of aromatic nitrogens is 1. The molecular formula is C14H14BrClN2. The van der Waals surface area contributed by atoms with E-state index in [1.807, 2.05) is 43.3 Å². The summed E-state index contributed by atoms with van der Waals surface area (Å²) in [6, 6.07) is 11.6. The van der Waals surface area contributed by atoms with Crippen molar-refractivity contribution in [2.75, 3.05) is 0 Å². The Labute approximate surface area is 120 Å². The van der Waals surface area contributed by atoms with Crippen molar-refractivity contribution in [3.63, 3.8) is 0 Å². The summed E-state index contributed by atoms with van der Waals surface area (Å²) in [6.45, 7) is 2.00. The molecule has 0 radical (unpaired) electrons. The molecule has 2 N–H and O–H groups in total. The van der Waals surface area contributed by atoms with Gasteiger partial charge in [-0.15, -0.1) is 0 Å². The van der Waals surface area contributed by atoms with Gasteiger partial charge in [0.25, 0.3) is 0 Å². The lowest BCUT2D eigenvalue weighted by molar-refractivity contribution is 0.485. The van der Waals surface area contributed by atoms with Gasteiger partial charge in [-0.25, -0.2) is 0 Å². The first-order chi connectivity index (χ1) is 8.47. The number of rotatable bonds is 3. The van der Waals surface area contributed by atoms with Crippen LogP contribution < -0.4 is 5.73 Å². The van der Waals surface area contributed by atoms with Gasteiger partial charge in [-0.2, -0.15) is 0 Å². The van der Waals surface area contributed by atoms with Gasteiger partial charge < -0.3 is 5.73 Å². The maximum absolute atomic E-state index is 6.36. The lowest BCUT2D eigenvalue weighted by Gasteiger charge is -2.25. The van der Waals surface area contributed by atoms with E-state index < -0.39 is 5.54 Å². The van der Waals surface area contributed by atoms with Crippen LogP contribution in [-0.4, -0.2) is 4.98 Å². The fraction of sp³-hybridized carbons (Fsp3) is 0.214. The van der Waals surface area contributed by atoms with Crippen molar-refractivity contribution in [3.05, 3.63) is 63.3 Å². The summed E-state index contributed by atoms with van der Waals surface area (Å²) in [7, 11) is 0. The van der Waals surface area contributed by atoms with Crippen molar-refractivity contribution < 1.29 is 0 Å². The fourth-order valence-electron chi connectivity index (χ4n) is 1.82. The van der Waals surface area contributed by atoms with Crippen LogP contribution in [0.3, 0.4) is 0 Å². The highest BCUT2D eigenvalue weighted by Crippen LogP contribution is 2.24. The highest BCUT2D eigenvalue weighted by molar-refractivity contribution is 9.10. The molecule has 1 aromatic carbocycles. The number of nitrogens with two attached hydrogens (primary N) is 1. The van der Waals surface area contributed by atoms with Crippen molar-refractivity contribution in [1.29, 1.82) is 0 Å². The number of nitrogens with zero attached hydrogens (tertiary/aromatic N) is 1. The van der Waals surface area contributed by atoms with E-state index in [4.69, 9.17) is 17.3 Å². The molecule has 4 heteroatoms. The van der Waals surface area contributed by atoms with Gasteiger partial charge in [0, 0.05) is 33.3 Å². The van der Waals surface area contributed by atoms with Crippen LogP contribution in [0.4, 0.5) is 0 Å². The van der Waals surface area contributed by atoms with Gasteiger partial charge in [0.15, 0.2) is 0 Å². The zero-order valence-corrected chi connectivity index (χ0v) is 12.4. The molecule has 0 aliphatic heterocycles. The molecule has 0 saturated heterocycles. The lowest BCUT2D eigenvalue weighted by atomic mass is 9.88. The number of benzene rings is 1. The summed E-state index contributed by atoms with van der Waals surface area (Å²) in [5.74, 6) is 0. The van der Waals surface area contributed by atoms with Crippen LogP contribution in [0.1, 0.15) is 18.2 Å². The predicted octanol–water partition coefficient (Wildman–Crippen LogP) is 3.91. The average Bonchev–Trinajstić information content (AvgIpc) is 2.32. The maximum Gasteiger partial charge on any atom is 0.0437 e. The van der Waals surface area contributed by atoms with Gasteiger partial charge in [0.1, 0.15) is 0 Å². The summed E-state index contributed by atoms with van der Waals surface area (Å²) in [5, 5.41) is 0.719. The zero-order chi connectivity index (χ0) is 13.2. The van der Waals surface area contributed by atoms with Crippen molar-refractivity contribution in [1.82, 2.24) is 4.98 Å². The van der Waals surface area contributed by atoms with Crippen molar-refractivity contribution in [3.8, 4) is 0 Å². The van der Waals surface area contributed by atoms with E-state index in [9.17, 15) is 0 Å². The van der Waals surface area contributed by atoms with Gasteiger partial charge in [0.2, 0.25) is 0 Å². The van der Waals surface area contributed by atoms with E-state index in [1.165, 1.54) is 0 Å². The molecular weight excluding hydrogens is 312 g/mol. The molecule has 1 atom stereocenters. The van der Waals surface area contributed by atoms with Crippen molar-refractivity contribution in [2.45, 2.75) is 18.9 Å². The van der Waals surface area contributed by atoms with E-state index in [-0.39, 0.29) is 0 Å². The molecule has 1 aromatic heterocycles. The fourth-order valence-corrected chi connectivity index (χ4v) is 2.18. The second-order valence-corrected chi connectivity index (χ2v) is 5.92. The first-order valence-electron chi connectivity index (χ1n) is 5.63.